The number of thiazole rings is 1. The van der Waals surface area contributed by atoms with E-state index in [4.69, 9.17) is 27.9 Å². The molecule has 0 bridgehead atoms. The number of carbonyl (C=O) groups is 1. The van der Waals surface area contributed by atoms with Gasteiger partial charge in [0.25, 0.3) is 0 Å². The molecule has 1 aromatic carbocycles. The quantitative estimate of drug-likeness (QED) is 0.825. The normalized spacial score (nSPS) is 10.6. The molecule has 1 aromatic heterocycles. The zero-order valence-corrected chi connectivity index (χ0v) is 13.6. The first-order valence-electron chi connectivity index (χ1n) is 6.29. The van der Waals surface area contributed by atoms with Gasteiger partial charge in [0, 0.05) is 10.4 Å². The number of hydrogen-bond acceptors (Lipinski definition) is 4. The highest BCUT2D eigenvalue weighted by Crippen LogP contribution is 2.33. The number of carboxylic acid groups (broad SMARTS) is 1. The Kier molecular flexibility index (Phi) is 5.45. The Labute approximate surface area is 136 Å². The fourth-order valence-corrected chi connectivity index (χ4v) is 3.19. The maximum atomic E-state index is 11.2. The van der Waals surface area contributed by atoms with Crippen molar-refractivity contribution in [1.82, 2.24) is 4.98 Å². The van der Waals surface area contributed by atoms with Gasteiger partial charge in [0.05, 0.1) is 15.7 Å². The van der Waals surface area contributed by atoms with Crippen molar-refractivity contribution >= 4 is 40.5 Å². The molecule has 112 valence electrons. The topological polar surface area (TPSA) is 59.4 Å². The summed E-state index contributed by atoms with van der Waals surface area (Å²) in [6.07, 6.45) is 1.95. The fraction of sp³-hybridized carbons (Fsp3) is 0.286. The van der Waals surface area contributed by atoms with Crippen LogP contribution in [0.3, 0.4) is 0 Å². The second-order valence-electron chi connectivity index (χ2n) is 4.34. The Bertz CT molecular complexity index is 658. The van der Waals surface area contributed by atoms with Crippen LogP contribution < -0.4 is 4.74 Å². The number of rotatable bonds is 6. The van der Waals surface area contributed by atoms with Gasteiger partial charge in [-0.3, -0.25) is 0 Å². The maximum absolute atomic E-state index is 11.2. The predicted molar refractivity (Wildman–Crippen MR) is 83.9 cm³/mol. The second-order valence-corrected chi connectivity index (χ2v) is 6.13. The third-order valence-electron chi connectivity index (χ3n) is 2.67. The largest absolute Gasteiger partial charge is 0.485 e. The monoisotopic (exact) mass is 345 g/mol. The molecule has 0 saturated heterocycles. The van der Waals surface area contributed by atoms with Crippen molar-refractivity contribution in [3.8, 4) is 5.75 Å². The first-order valence-corrected chi connectivity index (χ1v) is 7.93. The van der Waals surface area contributed by atoms with Crippen LogP contribution in [-0.2, 0) is 13.0 Å². The van der Waals surface area contributed by atoms with Crippen molar-refractivity contribution in [2.75, 3.05) is 0 Å². The van der Waals surface area contributed by atoms with Gasteiger partial charge in [-0.15, -0.1) is 11.3 Å². The Morgan fingerprint density at radius 1 is 1.43 bits per heavy atom. The maximum Gasteiger partial charge on any atom is 0.339 e. The number of halogens is 2. The summed E-state index contributed by atoms with van der Waals surface area (Å²) < 4.78 is 5.53. The van der Waals surface area contributed by atoms with Crippen molar-refractivity contribution in [2.24, 2.45) is 0 Å². The molecule has 0 amide bonds. The van der Waals surface area contributed by atoms with Gasteiger partial charge in [-0.25, -0.2) is 9.78 Å². The van der Waals surface area contributed by atoms with Gasteiger partial charge in [0.2, 0.25) is 0 Å². The van der Waals surface area contributed by atoms with Crippen molar-refractivity contribution in [3.05, 3.63) is 43.8 Å². The van der Waals surface area contributed by atoms with Crippen LogP contribution >= 0.6 is 34.5 Å². The van der Waals surface area contributed by atoms with E-state index in [0.717, 1.165) is 23.5 Å². The van der Waals surface area contributed by atoms with Crippen LogP contribution in [0.5, 0.6) is 5.75 Å². The minimum absolute atomic E-state index is 0.0588. The Morgan fingerprint density at radius 3 is 2.86 bits per heavy atom. The van der Waals surface area contributed by atoms with Crippen molar-refractivity contribution in [3.63, 3.8) is 0 Å². The molecule has 0 saturated carbocycles. The lowest BCUT2D eigenvalue weighted by Gasteiger charge is -2.10. The highest BCUT2D eigenvalue weighted by molar-refractivity contribution is 7.09. The van der Waals surface area contributed by atoms with Gasteiger partial charge < -0.3 is 9.84 Å². The molecule has 0 radical (unpaired) electrons. The Hall–Kier alpha value is -1.30. The van der Waals surface area contributed by atoms with Crippen molar-refractivity contribution in [1.29, 1.82) is 0 Å². The summed E-state index contributed by atoms with van der Waals surface area (Å²) in [7, 11) is 0. The van der Waals surface area contributed by atoms with Gasteiger partial charge >= 0.3 is 5.97 Å². The van der Waals surface area contributed by atoms with Crippen molar-refractivity contribution in [2.45, 2.75) is 26.4 Å². The van der Waals surface area contributed by atoms with E-state index in [-0.39, 0.29) is 28.0 Å². The average Bonchev–Trinajstić information content (AvgIpc) is 2.85. The number of carboxylic acids is 1. The van der Waals surface area contributed by atoms with E-state index >= 15 is 0 Å². The van der Waals surface area contributed by atoms with Crippen LogP contribution in [0.15, 0.2) is 17.5 Å². The summed E-state index contributed by atoms with van der Waals surface area (Å²) >= 11 is 13.4. The third-order valence-corrected chi connectivity index (χ3v) is 4.12. The lowest BCUT2D eigenvalue weighted by atomic mass is 10.2. The minimum atomic E-state index is -1.14. The molecule has 0 fully saturated rings. The first-order chi connectivity index (χ1) is 10.0. The van der Waals surface area contributed by atoms with Crippen LogP contribution in [0.25, 0.3) is 0 Å². The van der Waals surface area contributed by atoms with Crippen LogP contribution in [-0.4, -0.2) is 16.1 Å². The second kappa shape index (κ2) is 7.11. The molecule has 0 aliphatic carbocycles. The summed E-state index contributed by atoms with van der Waals surface area (Å²) in [5.74, 6) is -1.03. The molecule has 0 unspecified atom stereocenters. The number of aryl methyl sites for hydroxylation is 1. The van der Waals surface area contributed by atoms with Crippen LogP contribution in [0.4, 0.5) is 0 Å². The SMILES string of the molecule is CCCc1nc(COc2c(Cl)cc(Cl)cc2C(=O)O)cs1. The Balaban J connectivity index is 2.17. The van der Waals surface area contributed by atoms with Gasteiger partial charge in [0.1, 0.15) is 12.2 Å². The molecule has 1 N–H and O–H groups in total. The summed E-state index contributed by atoms with van der Waals surface area (Å²) in [4.78, 5) is 15.6. The number of aromatic carboxylic acids is 1. The molecule has 4 nitrogen and oxygen atoms in total. The number of nitrogens with zero attached hydrogens (tertiary/aromatic N) is 1. The van der Waals surface area contributed by atoms with Gasteiger partial charge in [0.15, 0.2) is 5.75 Å². The van der Waals surface area contributed by atoms with E-state index < -0.39 is 5.97 Å². The molecule has 2 aromatic rings. The van der Waals surface area contributed by atoms with Gasteiger partial charge in [-0.1, -0.05) is 30.1 Å². The molecule has 0 aliphatic heterocycles. The molecule has 21 heavy (non-hydrogen) atoms. The summed E-state index contributed by atoms with van der Waals surface area (Å²) in [6.45, 7) is 2.26. The summed E-state index contributed by atoms with van der Waals surface area (Å²) in [6, 6.07) is 2.77. The van der Waals surface area contributed by atoms with Gasteiger partial charge in [-0.2, -0.15) is 0 Å². The average molecular weight is 346 g/mol. The number of ether oxygens (including phenoxy) is 1. The molecule has 0 atom stereocenters. The molecular formula is C14H13Cl2NO3S. The molecule has 0 aliphatic rings. The Morgan fingerprint density at radius 2 is 2.19 bits per heavy atom. The molecular weight excluding hydrogens is 333 g/mol. The third kappa shape index (κ3) is 4.09. The smallest absolute Gasteiger partial charge is 0.339 e. The van der Waals surface area contributed by atoms with Crippen LogP contribution in [0.2, 0.25) is 10.0 Å². The fourth-order valence-electron chi connectivity index (χ4n) is 1.76. The zero-order valence-electron chi connectivity index (χ0n) is 11.2. The van der Waals surface area contributed by atoms with Crippen LogP contribution in [0, 0.1) is 0 Å². The number of hydrogen-bond donors (Lipinski definition) is 1. The lowest BCUT2D eigenvalue weighted by molar-refractivity contribution is 0.0691. The van der Waals surface area contributed by atoms with Crippen molar-refractivity contribution < 1.29 is 14.6 Å². The van der Waals surface area contributed by atoms with E-state index in [2.05, 4.69) is 11.9 Å². The van der Waals surface area contributed by atoms with E-state index in [9.17, 15) is 9.90 Å². The number of benzene rings is 1. The molecule has 1 heterocycles. The number of aromatic nitrogens is 1. The first kappa shape index (κ1) is 16.1. The molecule has 0 spiro atoms. The molecule has 2 rings (SSSR count). The predicted octanol–water partition coefficient (Wildman–Crippen LogP) is 4.68. The summed E-state index contributed by atoms with van der Waals surface area (Å²) in [5, 5.41) is 12.5. The molecule has 7 heteroatoms. The van der Waals surface area contributed by atoms with E-state index in [0.29, 0.717) is 0 Å². The van der Waals surface area contributed by atoms with E-state index in [1.54, 1.807) is 11.3 Å². The standard InChI is InChI=1S/C14H13Cl2NO3S/c1-2-3-12-17-9(7-21-12)6-20-13-10(14(18)19)4-8(15)5-11(13)16/h4-5,7H,2-3,6H2,1H3,(H,18,19). The van der Waals surface area contributed by atoms with E-state index in [1.165, 1.54) is 12.1 Å². The zero-order chi connectivity index (χ0) is 15.4. The lowest BCUT2D eigenvalue weighted by Crippen LogP contribution is -2.04. The summed E-state index contributed by atoms with van der Waals surface area (Å²) in [5.41, 5.74) is 0.697. The van der Waals surface area contributed by atoms with Gasteiger partial charge in [-0.05, 0) is 25.0 Å². The highest BCUT2D eigenvalue weighted by atomic mass is 35.5. The van der Waals surface area contributed by atoms with E-state index in [1.807, 2.05) is 5.38 Å². The van der Waals surface area contributed by atoms with Crippen LogP contribution in [0.1, 0.15) is 34.4 Å². The minimum Gasteiger partial charge on any atom is -0.485 e. The highest BCUT2D eigenvalue weighted by Gasteiger charge is 2.17.